The minimum absolute atomic E-state index is 0.0111. The second-order valence-corrected chi connectivity index (χ2v) is 5.46. The van der Waals surface area contributed by atoms with E-state index in [9.17, 15) is 18.0 Å². The predicted octanol–water partition coefficient (Wildman–Crippen LogP) is 3.46. The Morgan fingerprint density at radius 3 is 2.21 bits per heavy atom. The molecule has 4 nitrogen and oxygen atoms in total. The number of urea groups is 1. The summed E-state index contributed by atoms with van der Waals surface area (Å²) in [5.74, 6) is -3.88. The van der Waals surface area contributed by atoms with Crippen LogP contribution in [0.25, 0.3) is 0 Å². The third-order valence-corrected chi connectivity index (χ3v) is 3.95. The Balaban J connectivity index is 1.62. The summed E-state index contributed by atoms with van der Waals surface area (Å²) in [6.07, 6.45) is 0. The van der Waals surface area contributed by atoms with Crippen LogP contribution in [0, 0.1) is 17.5 Å². The zero-order valence-electron chi connectivity index (χ0n) is 12.8. The number of carbonyl (C=O) groups is 1. The Hall–Kier alpha value is -2.70. The van der Waals surface area contributed by atoms with Gasteiger partial charge in [0.25, 0.3) is 0 Å². The van der Waals surface area contributed by atoms with Gasteiger partial charge in [0, 0.05) is 31.9 Å². The van der Waals surface area contributed by atoms with Gasteiger partial charge in [0.2, 0.25) is 0 Å². The van der Waals surface area contributed by atoms with Gasteiger partial charge < -0.3 is 15.1 Å². The van der Waals surface area contributed by atoms with Crippen LogP contribution in [0.15, 0.2) is 42.5 Å². The number of hydrogen-bond donors (Lipinski definition) is 1. The molecule has 1 heterocycles. The second-order valence-electron chi connectivity index (χ2n) is 5.46. The Morgan fingerprint density at radius 1 is 0.875 bits per heavy atom. The van der Waals surface area contributed by atoms with E-state index in [0.29, 0.717) is 31.9 Å². The summed E-state index contributed by atoms with van der Waals surface area (Å²) in [4.78, 5) is 15.4. The number of anilines is 2. The van der Waals surface area contributed by atoms with Crippen molar-refractivity contribution in [3.8, 4) is 0 Å². The lowest BCUT2D eigenvalue weighted by molar-refractivity contribution is 0.208. The van der Waals surface area contributed by atoms with Crippen molar-refractivity contribution < 1.29 is 18.0 Å². The topological polar surface area (TPSA) is 35.6 Å². The Kier molecular flexibility index (Phi) is 4.59. The molecule has 0 radical (unpaired) electrons. The van der Waals surface area contributed by atoms with Crippen LogP contribution in [-0.2, 0) is 0 Å². The molecule has 1 aliphatic rings. The molecular weight excluding hydrogens is 319 g/mol. The van der Waals surface area contributed by atoms with Gasteiger partial charge in [0.15, 0.2) is 17.5 Å². The first-order chi connectivity index (χ1) is 11.6. The van der Waals surface area contributed by atoms with Crippen LogP contribution in [0.4, 0.5) is 29.3 Å². The highest BCUT2D eigenvalue weighted by molar-refractivity contribution is 5.89. The number of piperazine rings is 1. The smallest absolute Gasteiger partial charge is 0.321 e. The molecular formula is C17H16F3N3O. The monoisotopic (exact) mass is 335 g/mol. The predicted molar refractivity (Wildman–Crippen MR) is 85.6 cm³/mol. The van der Waals surface area contributed by atoms with E-state index >= 15 is 0 Å². The number of para-hydroxylation sites is 1. The van der Waals surface area contributed by atoms with E-state index in [1.54, 1.807) is 21.9 Å². The third kappa shape index (κ3) is 3.29. The summed E-state index contributed by atoms with van der Waals surface area (Å²) >= 11 is 0. The fourth-order valence-electron chi connectivity index (χ4n) is 2.63. The molecule has 0 spiro atoms. The van der Waals surface area contributed by atoms with Gasteiger partial charge in [-0.15, -0.1) is 0 Å². The fourth-order valence-corrected chi connectivity index (χ4v) is 2.63. The number of hydrogen-bond acceptors (Lipinski definition) is 2. The Morgan fingerprint density at radius 2 is 1.54 bits per heavy atom. The molecule has 0 bridgehead atoms. The van der Waals surface area contributed by atoms with Crippen LogP contribution in [0.1, 0.15) is 0 Å². The highest BCUT2D eigenvalue weighted by atomic mass is 19.2. The first-order valence-corrected chi connectivity index (χ1v) is 7.55. The van der Waals surface area contributed by atoms with Gasteiger partial charge in [0.1, 0.15) is 0 Å². The van der Waals surface area contributed by atoms with Crippen molar-refractivity contribution in [3.63, 3.8) is 0 Å². The van der Waals surface area contributed by atoms with E-state index in [0.717, 1.165) is 6.07 Å². The average molecular weight is 335 g/mol. The van der Waals surface area contributed by atoms with Gasteiger partial charge in [-0.25, -0.2) is 18.0 Å². The van der Waals surface area contributed by atoms with E-state index in [1.807, 2.05) is 18.2 Å². The number of amides is 2. The Labute approximate surface area is 137 Å². The molecule has 1 aliphatic heterocycles. The molecule has 3 rings (SSSR count). The third-order valence-electron chi connectivity index (χ3n) is 3.95. The molecule has 0 atom stereocenters. The number of nitrogens with zero attached hydrogens (tertiary/aromatic N) is 2. The number of benzene rings is 2. The summed E-state index contributed by atoms with van der Waals surface area (Å²) in [5, 5.41) is 2.78. The molecule has 1 saturated heterocycles. The maximum Gasteiger partial charge on any atom is 0.321 e. The largest absolute Gasteiger partial charge is 0.366 e. The quantitative estimate of drug-likeness (QED) is 0.853. The van der Waals surface area contributed by atoms with Crippen molar-refractivity contribution in [1.29, 1.82) is 0 Å². The molecule has 0 saturated carbocycles. The van der Waals surface area contributed by atoms with Crippen molar-refractivity contribution >= 4 is 17.4 Å². The first kappa shape index (κ1) is 16.2. The van der Waals surface area contributed by atoms with E-state index in [2.05, 4.69) is 5.32 Å². The van der Waals surface area contributed by atoms with Crippen molar-refractivity contribution in [2.45, 2.75) is 0 Å². The lowest BCUT2D eigenvalue weighted by atomic mass is 10.2. The van der Waals surface area contributed by atoms with Gasteiger partial charge in [-0.3, -0.25) is 0 Å². The van der Waals surface area contributed by atoms with Gasteiger partial charge >= 0.3 is 6.03 Å². The van der Waals surface area contributed by atoms with Crippen LogP contribution in [0.2, 0.25) is 0 Å². The number of halogens is 3. The first-order valence-electron chi connectivity index (χ1n) is 7.55. The molecule has 126 valence electrons. The summed E-state index contributed by atoms with van der Waals surface area (Å²) in [6, 6.07) is 10.9. The molecule has 1 fully saturated rings. The normalized spacial score (nSPS) is 14.6. The van der Waals surface area contributed by atoms with Crippen LogP contribution < -0.4 is 10.2 Å². The van der Waals surface area contributed by atoms with E-state index in [4.69, 9.17) is 0 Å². The highest BCUT2D eigenvalue weighted by Gasteiger charge is 2.24. The summed E-state index contributed by atoms with van der Waals surface area (Å²) < 4.78 is 40.2. The maximum absolute atomic E-state index is 13.8. The minimum Gasteiger partial charge on any atom is -0.366 e. The zero-order valence-corrected chi connectivity index (χ0v) is 12.8. The minimum atomic E-state index is -1.48. The molecule has 0 unspecified atom stereocenters. The summed E-state index contributed by atoms with van der Waals surface area (Å²) in [6.45, 7) is 1.39. The van der Waals surface area contributed by atoms with Gasteiger partial charge in [-0.05, 0) is 24.3 Å². The van der Waals surface area contributed by atoms with E-state index < -0.39 is 17.5 Å². The van der Waals surface area contributed by atoms with Gasteiger partial charge in [0.05, 0.1) is 5.69 Å². The summed E-state index contributed by atoms with van der Waals surface area (Å²) in [5.41, 5.74) is 0.702. The van der Waals surface area contributed by atoms with E-state index in [-0.39, 0.29) is 11.7 Å². The number of rotatable bonds is 2. The van der Waals surface area contributed by atoms with Crippen LogP contribution in [-0.4, -0.2) is 37.1 Å². The van der Waals surface area contributed by atoms with Crippen LogP contribution in [0.3, 0.4) is 0 Å². The molecule has 7 heteroatoms. The number of carbonyl (C=O) groups excluding carboxylic acids is 1. The lowest BCUT2D eigenvalue weighted by Crippen LogP contribution is -2.50. The van der Waals surface area contributed by atoms with Crippen molar-refractivity contribution in [2.75, 3.05) is 36.4 Å². The highest BCUT2D eigenvalue weighted by Crippen LogP contribution is 2.24. The lowest BCUT2D eigenvalue weighted by Gasteiger charge is -2.36. The fraction of sp³-hybridized carbons (Fsp3) is 0.235. The molecule has 2 aromatic rings. The van der Waals surface area contributed by atoms with Crippen molar-refractivity contribution in [2.24, 2.45) is 0 Å². The molecule has 1 N–H and O–H groups in total. The van der Waals surface area contributed by atoms with Crippen LogP contribution >= 0.6 is 0 Å². The molecule has 0 aliphatic carbocycles. The number of nitrogens with one attached hydrogen (secondary N) is 1. The zero-order chi connectivity index (χ0) is 17.1. The molecule has 24 heavy (non-hydrogen) atoms. The molecule has 0 aromatic heterocycles. The standard InChI is InChI=1S/C17H16F3N3O/c18-13-6-7-14(16(20)15(13)19)22-8-10-23(11-9-22)17(24)21-12-4-2-1-3-5-12/h1-7H,8-11H2,(H,21,24). The molecule has 2 aromatic carbocycles. The second kappa shape index (κ2) is 6.82. The maximum atomic E-state index is 13.8. The van der Waals surface area contributed by atoms with E-state index in [1.165, 1.54) is 6.07 Å². The van der Waals surface area contributed by atoms with Crippen LogP contribution in [0.5, 0.6) is 0 Å². The molecule has 2 amide bonds. The SMILES string of the molecule is O=C(Nc1ccccc1)N1CCN(c2ccc(F)c(F)c2F)CC1. The van der Waals surface area contributed by atoms with Crippen molar-refractivity contribution in [3.05, 3.63) is 59.9 Å². The average Bonchev–Trinajstić information content (AvgIpc) is 2.61. The van der Waals surface area contributed by atoms with Gasteiger partial charge in [-0.2, -0.15) is 0 Å². The van der Waals surface area contributed by atoms with Gasteiger partial charge in [-0.1, -0.05) is 18.2 Å². The summed E-state index contributed by atoms with van der Waals surface area (Å²) in [7, 11) is 0. The Bertz CT molecular complexity index is 731. The van der Waals surface area contributed by atoms with Crippen molar-refractivity contribution in [1.82, 2.24) is 4.90 Å².